The van der Waals surface area contributed by atoms with Gasteiger partial charge in [0.05, 0.1) is 0 Å². The van der Waals surface area contributed by atoms with E-state index in [2.05, 4.69) is 15.0 Å². The smallest absolute Gasteiger partial charge is 0.244 e. The van der Waals surface area contributed by atoms with E-state index in [1.54, 1.807) is 25.4 Å². The number of anilines is 1. The molecular formula is C14H23N3O2S. The second-order valence-corrected chi connectivity index (χ2v) is 7.03. The zero-order valence-electron chi connectivity index (χ0n) is 11.9. The van der Waals surface area contributed by atoms with Crippen molar-refractivity contribution in [2.24, 2.45) is 5.92 Å². The summed E-state index contributed by atoms with van der Waals surface area (Å²) >= 11 is 0. The predicted molar refractivity (Wildman–Crippen MR) is 80.2 cm³/mol. The molecule has 1 aromatic rings. The minimum atomic E-state index is -3.47. The lowest BCUT2D eigenvalue weighted by Gasteiger charge is -2.11. The molecule has 0 saturated heterocycles. The Hall–Kier alpha value is -1.14. The normalized spacial score (nSPS) is 16.4. The van der Waals surface area contributed by atoms with Crippen molar-refractivity contribution in [1.82, 2.24) is 9.71 Å². The number of nitrogens with one attached hydrogen (secondary N) is 2. The third kappa shape index (κ3) is 3.93. The van der Waals surface area contributed by atoms with Crippen molar-refractivity contribution in [3.63, 3.8) is 0 Å². The summed E-state index contributed by atoms with van der Waals surface area (Å²) in [5.41, 5.74) is 0. The van der Waals surface area contributed by atoms with E-state index in [-0.39, 0.29) is 4.90 Å². The van der Waals surface area contributed by atoms with Crippen LogP contribution < -0.4 is 10.0 Å². The Kier molecular flexibility index (Phi) is 5.37. The maximum atomic E-state index is 12.2. The van der Waals surface area contributed by atoms with Crippen LogP contribution in [0.3, 0.4) is 0 Å². The fraction of sp³-hybridized carbons (Fsp3) is 0.643. The third-order valence-corrected chi connectivity index (χ3v) is 5.35. The molecule has 2 N–H and O–H groups in total. The lowest BCUT2D eigenvalue weighted by molar-refractivity contribution is 0.480. The minimum absolute atomic E-state index is 0.211. The monoisotopic (exact) mass is 297 g/mol. The van der Waals surface area contributed by atoms with Crippen LogP contribution >= 0.6 is 0 Å². The molecule has 0 aromatic carbocycles. The van der Waals surface area contributed by atoms with Gasteiger partial charge in [0.1, 0.15) is 10.7 Å². The summed E-state index contributed by atoms with van der Waals surface area (Å²) in [6, 6.07) is 3.20. The van der Waals surface area contributed by atoms with Gasteiger partial charge < -0.3 is 5.32 Å². The van der Waals surface area contributed by atoms with Crippen LogP contribution in [0.25, 0.3) is 0 Å². The highest BCUT2D eigenvalue weighted by Gasteiger charge is 2.19. The molecule has 0 aliphatic heterocycles. The van der Waals surface area contributed by atoms with Gasteiger partial charge in [-0.15, -0.1) is 0 Å². The Morgan fingerprint density at radius 3 is 2.80 bits per heavy atom. The Morgan fingerprint density at radius 1 is 1.35 bits per heavy atom. The van der Waals surface area contributed by atoms with Gasteiger partial charge in [-0.1, -0.05) is 25.7 Å². The van der Waals surface area contributed by atoms with E-state index in [4.69, 9.17) is 0 Å². The molecule has 0 bridgehead atoms. The summed E-state index contributed by atoms with van der Waals surface area (Å²) < 4.78 is 27.1. The second-order valence-electron chi connectivity index (χ2n) is 5.29. The van der Waals surface area contributed by atoms with E-state index < -0.39 is 10.0 Å². The Bertz CT molecular complexity index is 525. The maximum absolute atomic E-state index is 12.2. The highest BCUT2D eigenvalue weighted by Crippen LogP contribution is 2.28. The molecule has 0 spiro atoms. The van der Waals surface area contributed by atoms with Crippen molar-refractivity contribution in [1.29, 1.82) is 0 Å². The fourth-order valence-corrected chi connectivity index (χ4v) is 4.00. The summed E-state index contributed by atoms with van der Waals surface area (Å²) in [7, 11) is -1.81. The lowest BCUT2D eigenvalue weighted by atomic mass is 10.0. The Balaban J connectivity index is 1.87. The molecule has 0 atom stereocenters. The molecule has 5 nitrogen and oxygen atoms in total. The summed E-state index contributed by atoms with van der Waals surface area (Å²) in [5.74, 6) is 1.18. The molecule has 0 radical (unpaired) electrons. The minimum Gasteiger partial charge on any atom is -0.372 e. The number of sulfonamides is 1. The number of pyridine rings is 1. The third-order valence-electron chi connectivity index (χ3n) is 3.85. The van der Waals surface area contributed by atoms with Gasteiger partial charge in [-0.2, -0.15) is 0 Å². The molecule has 1 aromatic heterocycles. The van der Waals surface area contributed by atoms with Crippen molar-refractivity contribution in [2.75, 3.05) is 18.9 Å². The average molecular weight is 297 g/mol. The van der Waals surface area contributed by atoms with Crippen LogP contribution in [0, 0.1) is 5.92 Å². The summed E-state index contributed by atoms with van der Waals surface area (Å²) in [6.07, 6.45) is 8.87. The first-order chi connectivity index (χ1) is 9.63. The molecule has 0 amide bonds. The van der Waals surface area contributed by atoms with E-state index >= 15 is 0 Å². The van der Waals surface area contributed by atoms with Gasteiger partial charge in [0, 0.05) is 19.8 Å². The highest BCUT2D eigenvalue weighted by atomic mass is 32.2. The van der Waals surface area contributed by atoms with Crippen molar-refractivity contribution < 1.29 is 8.42 Å². The Morgan fingerprint density at radius 2 is 2.10 bits per heavy atom. The topological polar surface area (TPSA) is 71.1 Å². The second kappa shape index (κ2) is 7.04. The molecule has 0 unspecified atom stereocenters. The average Bonchev–Trinajstić information content (AvgIpc) is 2.97. The number of nitrogens with zero attached hydrogens (tertiary/aromatic N) is 1. The van der Waals surface area contributed by atoms with E-state index in [0.29, 0.717) is 12.4 Å². The van der Waals surface area contributed by atoms with Crippen LogP contribution in [0.2, 0.25) is 0 Å². The molecule has 1 aliphatic carbocycles. The molecule has 1 aliphatic rings. The van der Waals surface area contributed by atoms with Crippen molar-refractivity contribution >= 4 is 15.8 Å². The fourth-order valence-electron chi connectivity index (χ4n) is 2.77. The molecule has 1 fully saturated rings. The van der Waals surface area contributed by atoms with Crippen LogP contribution in [-0.4, -0.2) is 27.0 Å². The van der Waals surface area contributed by atoms with Gasteiger partial charge in [-0.3, -0.25) is 0 Å². The van der Waals surface area contributed by atoms with Crippen LogP contribution in [-0.2, 0) is 10.0 Å². The molecular weight excluding hydrogens is 274 g/mol. The largest absolute Gasteiger partial charge is 0.372 e. The molecule has 20 heavy (non-hydrogen) atoms. The summed E-state index contributed by atoms with van der Waals surface area (Å²) in [4.78, 5) is 4.24. The molecule has 112 valence electrons. The lowest BCUT2D eigenvalue weighted by Crippen LogP contribution is -2.26. The summed E-state index contributed by atoms with van der Waals surface area (Å²) in [6.45, 7) is 0.497. The molecule has 6 heteroatoms. The highest BCUT2D eigenvalue weighted by molar-refractivity contribution is 7.89. The van der Waals surface area contributed by atoms with E-state index in [9.17, 15) is 8.42 Å². The van der Waals surface area contributed by atoms with Gasteiger partial charge >= 0.3 is 0 Å². The maximum Gasteiger partial charge on any atom is 0.244 e. The van der Waals surface area contributed by atoms with Crippen LogP contribution in [0.4, 0.5) is 5.82 Å². The van der Waals surface area contributed by atoms with Gasteiger partial charge in [0.25, 0.3) is 0 Å². The quantitative estimate of drug-likeness (QED) is 0.758. The predicted octanol–water partition coefficient (Wildman–Crippen LogP) is 2.37. The molecule has 2 rings (SSSR count). The molecule has 1 heterocycles. The zero-order valence-corrected chi connectivity index (χ0v) is 12.7. The first kappa shape index (κ1) is 15.3. The number of hydrogen-bond donors (Lipinski definition) is 2. The van der Waals surface area contributed by atoms with Crippen molar-refractivity contribution in [3.05, 3.63) is 18.3 Å². The van der Waals surface area contributed by atoms with E-state index in [1.165, 1.54) is 25.7 Å². The van der Waals surface area contributed by atoms with Crippen molar-refractivity contribution in [2.45, 2.75) is 43.4 Å². The van der Waals surface area contributed by atoms with Crippen molar-refractivity contribution in [3.8, 4) is 0 Å². The van der Waals surface area contributed by atoms with Gasteiger partial charge in [0.15, 0.2) is 0 Å². The SMILES string of the molecule is CNc1ncccc1S(=O)(=O)NCCCC1CCCC1. The molecule has 1 saturated carbocycles. The number of hydrogen-bond acceptors (Lipinski definition) is 4. The van der Waals surface area contributed by atoms with Gasteiger partial charge in [-0.05, 0) is 30.9 Å². The number of rotatable bonds is 7. The zero-order chi connectivity index (χ0) is 14.4. The standard InChI is InChI=1S/C14H23N3O2S/c1-15-14-13(9-5-10-16-14)20(18,19)17-11-4-8-12-6-2-3-7-12/h5,9-10,12,17H,2-4,6-8,11H2,1H3,(H,15,16). The van der Waals surface area contributed by atoms with Crippen LogP contribution in [0.5, 0.6) is 0 Å². The first-order valence-electron chi connectivity index (χ1n) is 7.26. The van der Waals surface area contributed by atoms with Crippen LogP contribution in [0.1, 0.15) is 38.5 Å². The van der Waals surface area contributed by atoms with E-state index in [0.717, 1.165) is 18.8 Å². The summed E-state index contributed by atoms with van der Waals surface area (Å²) in [5, 5.41) is 2.81. The first-order valence-corrected chi connectivity index (χ1v) is 8.74. The Labute approximate surface area is 121 Å². The van der Waals surface area contributed by atoms with E-state index in [1.807, 2.05) is 0 Å². The van der Waals surface area contributed by atoms with Crippen LogP contribution in [0.15, 0.2) is 23.2 Å². The van der Waals surface area contributed by atoms with Gasteiger partial charge in [-0.25, -0.2) is 18.1 Å². The van der Waals surface area contributed by atoms with Gasteiger partial charge in [0.2, 0.25) is 10.0 Å². The number of aromatic nitrogens is 1.